The molecule has 1 aliphatic carbocycles. The Morgan fingerprint density at radius 3 is 2.96 bits per heavy atom. The molecule has 4 nitrogen and oxygen atoms in total. The van der Waals surface area contributed by atoms with E-state index in [1.807, 2.05) is 37.3 Å². The molecule has 116 valence electrons. The predicted octanol–water partition coefficient (Wildman–Crippen LogP) is 3.29. The number of rotatable bonds is 3. The summed E-state index contributed by atoms with van der Waals surface area (Å²) in [5.41, 5.74) is 6.46. The predicted molar refractivity (Wildman–Crippen MR) is 90.5 cm³/mol. The van der Waals surface area contributed by atoms with Crippen LogP contribution >= 0.6 is 0 Å². The van der Waals surface area contributed by atoms with Gasteiger partial charge in [0, 0.05) is 5.56 Å². The molecule has 4 rings (SSSR count). The quantitative estimate of drug-likeness (QED) is 0.780. The zero-order valence-corrected chi connectivity index (χ0v) is 13.1. The van der Waals surface area contributed by atoms with Crippen molar-refractivity contribution < 1.29 is 4.79 Å². The third kappa shape index (κ3) is 2.50. The van der Waals surface area contributed by atoms with Gasteiger partial charge in [-0.25, -0.2) is 4.98 Å². The Morgan fingerprint density at radius 2 is 2.09 bits per heavy atom. The second-order valence-corrected chi connectivity index (χ2v) is 6.13. The van der Waals surface area contributed by atoms with Crippen LogP contribution in [0, 0.1) is 6.92 Å². The summed E-state index contributed by atoms with van der Waals surface area (Å²) < 4.78 is 0. The summed E-state index contributed by atoms with van der Waals surface area (Å²) >= 11 is 0. The van der Waals surface area contributed by atoms with Crippen molar-refractivity contribution in [2.75, 3.05) is 0 Å². The third-order valence-corrected chi connectivity index (χ3v) is 4.57. The van der Waals surface area contributed by atoms with E-state index >= 15 is 0 Å². The number of carbonyl (C=O) groups is 1. The topological polar surface area (TPSA) is 57.8 Å². The lowest BCUT2D eigenvalue weighted by atomic mass is 10.0. The number of fused-ring (bicyclic) bond motifs is 2. The molecule has 2 N–H and O–H groups in total. The standard InChI is InChI=1S/C19H19N3O/c1-12-5-2-10-16-18(12)22-17(21-16)11-20-19(23)15-9-4-7-13-6-3-8-14(13)15/h2,4-5,7,9-10H,3,6,8,11H2,1H3,(H,20,23)(H,21,22). The fraction of sp³-hybridized carbons (Fsp3) is 0.263. The second-order valence-electron chi connectivity index (χ2n) is 6.13. The Kier molecular flexibility index (Phi) is 3.37. The summed E-state index contributed by atoms with van der Waals surface area (Å²) in [6.45, 7) is 2.45. The molecule has 23 heavy (non-hydrogen) atoms. The first-order chi connectivity index (χ1) is 11.2. The number of nitrogens with one attached hydrogen (secondary N) is 2. The lowest BCUT2D eigenvalue weighted by molar-refractivity contribution is 0.0949. The Morgan fingerprint density at radius 1 is 1.22 bits per heavy atom. The number of nitrogens with zero attached hydrogens (tertiary/aromatic N) is 1. The van der Waals surface area contributed by atoms with Gasteiger partial charge in [-0.15, -0.1) is 0 Å². The van der Waals surface area contributed by atoms with Crippen molar-refractivity contribution in [3.8, 4) is 0 Å². The largest absolute Gasteiger partial charge is 0.345 e. The van der Waals surface area contributed by atoms with Crippen LogP contribution < -0.4 is 5.32 Å². The first kappa shape index (κ1) is 14.0. The first-order valence-corrected chi connectivity index (χ1v) is 8.05. The number of aromatic amines is 1. The maximum absolute atomic E-state index is 12.5. The summed E-state index contributed by atoms with van der Waals surface area (Å²) in [5, 5.41) is 2.99. The number of hydrogen-bond acceptors (Lipinski definition) is 2. The number of hydrogen-bond donors (Lipinski definition) is 2. The van der Waals surface area contributed by atoms with E-state index in [2.05, 4.69) is 21.4 Å². The van der Waals surface area contributed by atoms with Gasteiger partial charge in [-0.05, 0) is 55.0 Å². The Labute approximate surface area is 134 Å². The fourth-order valence-electron chi connectivity index (χ4n) is 3.40. The van der Waals surface area contributed by atoms with Crippen molar-refractivity contribution in [2.24, 2.45) is 0 Å². The summed E-state index contributed by atoms with van der Waals surface area (Å²) in [6, 6.07) is 12.1. The minimum absolute atomic E-state index is 0.0130. The number of aromatic nitrogens is 2. The molecule has 1 aromatic heterocycles. The minimum atomic E-state index is -0.0130. The maximum Gasteiger partial charge on any atom is 0.251 e. The molecule has 0 spiro atoms. The molecule has 2 aromatic carbocycles. The van der Waals surface area contributed by atoms with E-state index in [1.54, 1.807) is 0 Å². The Bertz CT molecular complexity index is 895. The van der Waals surface area contributed by atoms with Gasteiger partial charge in [0.05, 0.1) is 17.6 Å². The molecule has 0 saturated heterocycles. The van der Waals surface area contributed by atoms with E-state index in [-0.39, 0.29) is 5.91 Å². The molecule has 1 aliphatic rings. The van der Waals surface area contributed by atoms with Gasteiger partial charge in [0.1, 0.15) is 5.82 Å². The molecule has 0 radical (unpaired) electrons. The molecular weight excluding hydrogens is 286 g/mol. The highest BCUT2D eigenvalue weighted by Gasteiger charge is 2.18. The van der Waals surface area contributed by atoms with Gasteiger partial charge < -0.3 is 10.3 Å². The monoisotopic (exact) mass is 305 g/mol. The highest BCUT2D eigenvalue weighted by atomic mass is 16.1. The van der Waals surface area contributed by atoms with Gasteiger partial charge in [0.2, 0.25) is 0 Å². The zero-order valence-electron chi connectivity index (χ0n) is 13.1. The SMILES string of the molecule is Cc1cccc2[nH]c(CNC(=O)c3cccc4c3CCC4)nc12. The number of benzene rings is 2. The lowest BCUT2D eigenvalue weighted by Gasteiger charge is -2.08. The highest BCUT2D eigenvalue weighted by molar-refractivity contribution is 5.96. The van der Waals surface area contributed by atoms with Gasteiger partial charge in [-0.2, -0.15) is 0 Å². The number of aryl methyl sites for hydroxylation is 2. The Hall–Kier alpha value is -2.62. The van der Waals surface area contributed by atoms with Gasteiger partial charge in [0.15, 0.2) is 0 Å². The second kappa shape index (κ2) is 5.54. The minimum Gasteiger partial charge on any atom is -0.345 e. The van der Waals surface area contributed by atoms with Crippen LogP contribution in [0.15, 0.2) is 36.4 Å². The van der Waals surface area contributed by atoms with Crippen molar-refractivity contribution in [1.82, 2.24) is 15.3 Å². The van der Waals surface area contributed by atoms with E-state index in [4.69, 9.17) is 0 Å². The lowest BCUT2D eigenvalue weighted by Crippen LogP contribution is -2.24. The van der Waals surface area contributed by atoms with Crippen LogP contribution in [-0.2, 0) is 19.4 Å². The van der Waals surface area contributed by atoms with Crippen molar-refractivity contribution >= 4 is 16.9 Å². The summed E-state index contributed by atoms with van der Waals surface area (Å²) in [5.74, 6) is 0.774. The zero-order chi connectivity index (χ0) is 15.8. The first-order valence-electron chi connectivity index (χ1n) is 8.05. The van der Waals surface area contributed by atoms with Crippen molar-refractivity contribution in [3.63, 3.8) is 0 Å². The van der Waals surface area contributed by atoms with Crippen molar-refractivity contribution in [1.29, 1.82) is 0 Å². The van der Waals surface area contributed by atoms with Crippen LogP contribution in [0.1, 0.15) is 39.3 Å². The molecule has 1 heterocycles. The molecule has 4 heteroatoms. The third-order valence-electron chi connectivity index (χ3n) is 4.57. The van der Waals surface area contributed by atoms with Crippen LogP contribution in [0.3, 0.4) is 0 Å². The Balaban J connectivity index is 1.53. The highest BCUT2D eigenvalue weighted by Crippen LogP contribution is 2.25. The van der Waals surface area contributed by atoms with Crippen LogP contribution in [0.25, 0.3) is 11.0 Å². The summed E-state index contributed by atoms with van der Waals surface area (Å²) in [7, 11) is 0. The number of para-hydroxylation sites is 1. The molecule has 1 amide bonds. The molecule has 0 unspecified atom stereocenters. The van der Waals surface area contributed by atoms with E-state index in [9.17, 15) is 4.79 Å². The number of imidazole rings is 1. The van der Waals surface area contributed by atoms with Crippen molar-refractivity contribution in [3.05, 3.63) is 64.5 Å². The normalized spacial score (nSPS) is 13.3. The van der Waals surface area contributed by atoms with E-state index < -0.39 is 0 Å². The van der Waals surface area contributed by atoms with E-state index in [1.165, 1.54) is 11.1 Å². The molecular formula is C19H19N3O. The van der Waals surface area contributed by atoms with Gasteiger partial charge >= 0.3 is 0 Å². The van der Waals surface area contributed by atoms with E-state index in [0.717, 1.165) is 47.2 Å². The summed E-state index contributed by atoms with van der Waals surface area (Å²) in [6.07, 6.45) is 3.23. The number of amides is 1. The summed E-state index contributed by atoms with van der Waals surface area (Å²) in [4.78, 5) is 20.4. The molecule has 0 aliphatic heterocycles. The van der Waals surface area contributed by atoms with Crippen LogP contribution in [0.5, 0.6) is 0 Å². The fourth-order valence-corrected chi connectivity index (χ4v) is 3.40. The van der Waals surface area contributed by atoms with Gasteiger partial charge in [-0.1, -0.05) is 24.3 Å². The maximum atomic E-state index is 12.5. The van der Waals surface area contributed by atoms with Gasteiger partial charge in [-0.3, -0.25) is 4.79 Å². The molecule has 0 bridgehead atoms. The average molecular weight is 305 g/mol. The molecule has 0 saturated carbocycles. The average Bonchev–Trinajstić information content (AvgIpc) is 3.19. The van der Waals surface area contributed by atoms with Crippen molar-refractivity contribution in [2.45, 2.75) is 32.7 Å². The molecule has 0 atom stereocenters. The van der Waals surface area contributed by atoms with Gasteiger partial charge in [0.25, 0.3) is 5.91 Å². The molecule has 3 aromatic rings. The number of H-pyrrole nitrogens is 1. The van der Waals surface area contributed by atoms with Crippen LogP contribution in [0.2, 0.25) is 0 Å². The van der Waals surface area contributed by atoms with E-state index in [0.29, 0.717) is 6.54 Å². The molecule has 0 fully saturated rings. The van der Waals surface area contributed by atoms with Crippen LogP contribution in [-0.4, -0.2) is 15.9 Å². The smallest absolute Gasteiger partial charge is 0.251 e. The van der Waals surface area contributed by atoms with Crippen LogP contribution in [0.4, 0.5) is 0 Å². The number of carbonyl (C=O) groups excluding carboxylic acids is 1.